The van der Waals surface area contributed by atoms with Crippen LogP contribution in [-0.4, -0.2) is 29.8 Å². The summed E-state index contributed by atoms with van der Waals surface area (Å²) < 4.78 is 52.9. The molecule has 1 aliphatic rings. The predicted molar refractivity (Wildman–Crippen MR) is 124 cm³/mol. The van der Waals surface area contributed by atoms with Crippen molar-refractivity contribution >= 4 is 23.1 Å². The van der Waals surface area contributed by atoms with E-state index in [9.17, 15) is 27.9 Å². The Bertz CT molecular complexity index is 1310. The van der Waals surface area contributed by atoms with Crippen LogP contribution in [0.2, 0.25) is 0 Å². The molecule has 7 nitrogen and oxygen atoms in total. The Morgan fingerprint density at radius 1 is 1.06 bits per heavy atom. The van der Waals surface area contributed by atoms with Crippen molar-refractivity contribution < 1.29 is 41.8 Å². The van der Waals surface area contributed by atoms with Crippen molar-refractivity contribution in [2.75, 3.05) is 11.5 Å². The lowest BCUT2D eigenvalue weighted by atomic mass is 9.99. The summed E-state index contributed by atoms with van der Waals surface area (Å²) in [4.78, 5) is 27.3. The molecule has 36 heavy (non-hydrogen) atoms. The lowest BCUT2D eigenvalue weighted by Gasteiger charge is -2.23. The number of rotatable bonds is 7. The Labute approximate surface area is 204 Å². The molecule has 0 saturated carbocycles. The molecule has 2 aromatic carbocycles. The van der Waals surface area contributed by atoms with Gasteiger partial charge in [0.15, 0.2) is 0 Å². The molecule has 1 N–H and O–H groups in total. The third-order valence-electron chi connectivity index (χ3n) is 5.40. The number of anilines is 1. The maximum absolute atomic E-state index is 13.2. The predicted octanol–water partition coefficient (Wildman–Crippen LogP) is 5.90. The van der Waals surface area contributed by atoms with E-state index in [0.717, 1.165) is 23.5 Å². The van der Waals surface area contributed by atoms with Gasteiger partial charge >= 0.3 is 6.36 Å². The number of halogens is 3. The molecule has 2 heterocycles. The summed E-state index contributed by atoms with van der Waals surface area (Å²) in [6.07, 6.45) is -4.11. The van der Waals surface area contributed by atoms with Crippen LogP contribution in [0.3, 0.4) is 0 Å². The molecule has 1 atom stereocenters. The van der Waals surface area contributed by atoms with Gasteiger partial charge in [-0.05, 0) is 61.9 Å². The van der Waals surface area contributed by atoms with E-state index < -0.39 is 35.6 Å². The van der Waals surface area contributed by atoms with Crippen molar-refractivity contribution in [3.63, 3.8) is 0 Å². The van der Waals surface area contributed by atoms with E-state index in [0.29, 0.717) is 18.1 Å². The van der Waals surface area contributed by atoms with E-state index in [4.69, 9.17) is 9.15 Å². The number of ether oxygens (including phenoxy) is 2. The summed E-state index contributed by atoms with van der Waals surface area (Å²) in [6, 6.07) is 13.0. The van der Waals surface area contributed by atoms with Gasteiger partial charge in [-0.15, -0.1) is 13.2 Å². The Kier molecular flexibility index (Phi) is 6.78. The molecule has 0 radical (unpaired) electrons. The Hall–Kier alpha value is -4.21. The number of alkyl halides is 3. The molecule has 4 rings (SSSR count). The highest BCUT2D eigenvalue weighted by atomic mass is 19.4. The van der Waals surface area contributed by atoms with Crippen LogP contribution < -0.4 is 14.4 Å². The smallest absolute Gasteiger partial charge is 0.507 e. The molecule has 188 valence electrons. The minimum atomic E-state index is -4.88. The Morgan fingerprint density at radius 3 is 2.39 bits per heavy atom. The molecule has 1 saturated heterocycles. The molecule has 0 spiro atoms. The van der Waals surface area contributed by atoms with Crippen LogP contribution in [0.25, 0.3) is 5.76 Å². The summed E-state index contributed by atoms with van der Waals surface area (Å²) in [7, 11) is 0. The van der Waals surface area contributed by atoms with Crippen LogP contribution in [0.1, 0.15) is 36.5 Å². The fourth-order valence-corrected chi connectivity index (χ4v) is 3.89. The molecular formula is C26H22F3NO6. The first kappa shape index (κ1) is 24.9. The van der Waals surface area contributed by atoms with E-state index >= 15 is 0 Å². The van der Waals surface area contributed by atoms with Crippen LogP contribution in [0.5, 0.6) is 11.5 Å². The second kappa shape index (κ2) is 9.80. The van der Waals surface area contributed by atoms with Crippen molar-refractivity contribution in [3.8, 4) is 11.5 Å². The van der Waals surface area contributed by atoms with Gasteiger partial charge in [0, 0.05) is 11.3 Å². The molecule has 1 unspecified atom stereocenters. The largest absolute Gasteiger partial charge is 0.573 e. The van der Waals surface area contributed by atoms with Crippen molar-refractivity contribution in [1.82, 2.24) is 0 Å². The summed E-state index contributed by atoms with van der Waals surface area (Å²) in [5.74, 6) is -1.70. The maximum atomic E-state index is 13.2. The number of carbonyl (C=O) groups is 2. The summed E-state index contributed by atoms with van der Waals surface area (Å²) in [5.41, 5.74) is 0.145. The minimum absolute atomic E-state index is 0.116. The number of aryl methyl sites for hydroxylation is 1. The second-order valence-electron chi connectivity index (χ2n) is 8.04. The first-order valence-electron chi connectivity index (χ1n) is 11.1. The second-order valence-corrected chi connectivity index (χ2v) is 8.04. The number of amides is 1. The van der Waals surface area contributed by atoms with E-state index in [1.165, 1.54) is 12.1 Å². The first-order valence-corrected chi connectivity index (χ1v) is 11.1. The first-order chi connectivity index (χ1) is 17.1. The van der Waals surface area contributed by atoms with Gasteiger partial charge in [0.25, 0.3) is 11.7 Å². The molecule has 10 heteroatoms. The van der Waals surface area contributed by atoms with Gasteiger partial charge in [0.1, 0.15) is 34.8 Å². The number of aliphatic hydroxyl groups excluding tert-OH is 1. The lowest BCUT2D eigenvalue weighted by molar-refractivity contribution is -0.274. The van der Waals surface area contributed by atoms with Crippen molar-refractivity contribution in [3.05, 3.63) is 83.3 Å². The molecule has 0 aliphatic carbocycles. The molecule has 3 aromatic rings. The topological polar surface area (TPSA) is 89.2 Å². The highest BCUT2D eigenvalue weighted by molar-refractivity contribution is 6.51. The van der Waals surface area contributed by atoms with E-state index in [2.05, 4.69) is 4.74 Å². The Morgan fingerprint density at radius 2 is 1.78 bits per heavy atom. The standard InChI is InChI=1S/C26H22F3NO6/c1-3-13-34-19-6-4-5-16(14-19)23(31)21-22(20-12-7-15(2)35-20)30(25(33)24(21)32)17-8-10-18(11-9-17)36-26(27,28)29/h4-12,14,22,31H,3,13H2,1-2H3/b23-21-. The number of nitrogens with zero attached hydrogens (tertiary/aromatic N) is 1. The summed E-state index contributed by atoms with van der Waals surface area (Å²) in [6.45, 7) is 4.07. The number of hydrogen-bond donors (Lipinski definition) is 1. The average Bonchev–Trinajstić information content (AvgIpc) is 3.37. The zero-order valence-corrected chi connectivity index (χ0v) is 19.3. The molecular weight excluding hydrogens is 479 g/mol. The van der Waals surface area contributed by atoms with Crippen LogP contribution in [-0.2, 0) is 9.59 Å². The zero-order chi connectivity index (χ0) is 26.0. The Balaban J connectivity index is 1.80. The van der Waals surface area contributed by atoms with Crippen LogP contribution in [0.4, 0.5) is 18.9 Å². The van der Waals surface area contributed by atoms with Gasteiger partial charge in [-0.2, -0.15) is 0 Å². The zero-order valence-electron chi connectivity index (χ0n) is 19.3. The van der Waals surface area contributed by atoms with Gasteiger partial charge in [0.05, 0.1) is 12.2 Å². The number of benzene rings is 2. The number of ketones is 1. The lowest BCUT2D eigenvalue weighted by Crippen LogP contribution is -2.29. The molecule has 0 bridgehead atoms. The third kappa shape index (κ3) is 5.07. The minimum Gasteiger partial charge on any atom is -0.507 e. The van der Waals surface area contributed by atoms with Gasteiger partial charge in [-0.1, -0.05) is 19.1 Å². The van der Waals surface area contributed by atoms with Gasteiger partial charge in [-0.25, -0.2) is 0 Å². The van der Waals surface area contributed by atoms with Crippen molar-refractivity contribution in [2.45, 2.75) is 32.7 Å². The third-order valence-corrected chi connectivity index (χ3v) is 5.40. The van der Waals surface area contributed by atoms with E-state index in [-0.39, 0.29) is 22.6 Å². The molecule has 1 aliphatic heterocycles. The van der Waals surface area contributed by atoms with E-state index in [1.54, 1.807) is 43.3 Å². The highest BCUT2D eigenvalue weighted by Gasteiger charge is 2.48. The molecule has 1 amide bonds. The summed E-state index contributed by atoms with van der Waals surface area (Å²) >= 11 is 0. The van der Waals surface area contributed by atoms with Crippen LogP contribution >= 0.6 is 0 Å². The summed E-state index contributed by atoms with van der Waals surface area (Å²) in [5, 5.41) is 11.2. The maximum Gasteiger partial charge on any atom is 0.573 e. The normalized spacial score (nSPS) is 17.5. The quantitative estimate of drug-likeness (QED) is 0.246. The van der Waals surface area contributed by atoms with Gasteiger partial charge in [-0.3, -0.25) is 14.5 Å². The fraction of sp³-hybridized carbons (Fsp3) is 0.231. The molecule has 1 aromatic heterocycles. The number of aliphatic hydroxyl groups is 1. The van der Waals surface area contributed by atoms with Crippen molar-refractivity contribution in [1.29, 1.82) is 0 Å². The van der Waals surface area contributed by atoms with Gasteiger partial charge in [0.2, 0.25) is 0 Å². The number of hydrogen-bond acceptors (Lipinski definition) is 6. The highest BCUT2D eigenvalue weighted by Crippen LogP contribution is 2.43. The van der Waals surface area contributed by atoms with Gasteiger partial charge < -0.3 is 19.0 Å². The van der Waals surface area contributed by atoms with E-state index in [1.807, 2.05) is 6.92 Å². The number of furan rings is 1. The molecule has 1 fully saturated rings. The number of Topliss-reactive ketones (excluding diaryl/α,β-unsaturated/α-hetero) is 1. The monoisotopic (exact) mass is 501 g/mol. The number of carbonyl (C=O) groups excluding carboxylic acids is 2. The fourth-order valence-electron chi connectivity index (χ4n) is 3.89. The van der Waals surface area contributed by atoms with Crippen molar-refractivity contribution in [2.24, 2.45) is 0 Å². The van der Waals surface area contributed by atoms with Crippen LogP contribution in [0.15, 0.2) is 70.7 Å². The van der Waals surface area contributed by atoms with Crippen LogP contribution in [0, 0.1) is 6.92 Å². The average molecular weight is 501 g/mol. The SMILES string of the molecule is CCCOc1cccc(/C(O)=C2/C(=O)C(=O)N(c3ccc(OC(F)(F)F)cc3)C2c2ccc(C)o2)c1.